The Morgan fingerprint density at radius 2 is 1.73 bits per heavy atom. The van der Waals surface area contributed by atoms with Crippen molar-refractivity contribution in [2.24, 2.45) is 0 Å². The molecule has 30 heavy (non-hydrogen) atoms. The molecule has 160 valence electrons. The molecule has 0 bridgehead atoms. The SMILES string of the molecule is CC(=O)NC(Cc1ccccc1C)C(=O)NC1CCN(c2nc(C)cc(C)n2)CC1. The smallest absolute Gasteiger partial charge is 0.243 e. The van der Waals surface area contributed by atoms with Crippen LogP contribution >= 0.6 is 0 Å². The lowest BCUT2D eigenvalue weighted by atomic mass is 9.99. The molecule has 2 amide bonds. The normalized spacial score (nSPS) is 15.5. The first-order valence-corrected chi connectivity index (χ1v) is 10.5. The van der Waals surface area contributed by atoms with Crippen molar-refractivity contribution in [2.45, 2.75) is 59.0 Å². The summed E-state index contributed by atoms with van der Waals surface area (Å²) >= 11 is 0. The number of hydrogen-bond donors (Lipinski definition) is 2. The van der Waals surface area contributed by atoms with Gasteiger partial charge in [-0.15, -0.1) is 0 Å². The molecule has 2 aromatic rings. The summed E-state index contributed by atoms with van der Waals surface area (Å²) < 4.78 is 0. The minimum atomic E-state index is -0.579. The molecule has 0 saturated carbocycles. The van der Waals surface area contributed by atoms with Gasteiger partial charge in [0.2, 0.25) is 17.8 Å². The summed E-state index contributed by atoms with van der Waals surface area (Å²) in [5.74, 6) is 0.424. The van der Waals surface area contributed by atoms with Crippen molar-refractivity contribution in [3.05, 3.63) is 52.8 Å². The highest BCUT2D eigenvalue weighted by molar-refractivity contribution is 5.87. The van der Waals surface area contributed by atoms with Crippen molar-refractivity contribution in [1.29, 1.82) is 0 Å². The van der Waals surface area contributed by atoms with Crippen LogP contribution in [-0.4, -0.2) is 47.0 Å². The second kappa shape index (κ2) is 9.69. The second-order valence-electron chi connectivity index (χ2n) is 8.10. The first-order chi connectivity index (χ1) is 14.3. The van der Waals surface area contributed by atoms with Crippen LogP contribution in [-0.2, 0) is 16.0 Å². The molecule has 0 radical (unpaired) electrons. The van der Waals surface area contributed by atoms with E-state index in [1.54, 1.807) is 0 Å². The number of carbonyl (C=O) groups excluding carboxylic acids is 2. The van der Waals surface area contributed by atoms with Crippen molar-refractivity contribution < 1.29 is 9.59 Å². The lowest BCUT2D eigenvalue weighted by Gasteiger charge is -2.33. The maximum Gasteiger partial charge on any atom is 0.243 e. The maximum atomic E-state index is 12.9. The van der Waals surface area contributed by atoms with E-state index < -0.39 is 6.04 Å². The van der Waals surface area contributed by atoms with Gasteiger partial charge in [0.25, 0.3) is 0 Å². The lowest BCUT2D eigenvalue weighted by Crippen LogP contribution is -2.52. The molecule has 1 aliphatic heterocycles. The van der Waals surface area contributed by atoms with Crippen LogP contribution in [0, 0.1) is 20.8 Å². The highest BCUT2D eigenvalue weighted by Gasteiger charge is 2.26. The molecule has 1 aliphatic rings. The second-order valence-corrected chi connectivity index (χ2v) is 8.10. The molecule has 0 spiro atoms. The van der Waals surface area contributed by atoms with Crippen LogP contribution in [0.25, 0.3) is 0 Å². The van der Waals surface area contributed by atoms with Gasteiger partial charge in [-0.2, -0.15) is 0 Å². The third kappa shape index (κ3) is 5.78. The zero-order chi connectivity index (χ0) is 21.7. The molecule has 2 N–H and O–H groups in total. The van der Waals surface area contributed by atoms with E-state index in [9.17, 15) is 9.59 Å². The van der Waals surface area contributed by atoms with E-state index in [0.717, 1.165) is 54.4 Å². The lowest BCUT2D eigenvalue weighted by molar-refractivity contribution is -0.128. The topological polar surface area (TPSA) is 87.2 Å². The van der Waals surface area contributed by atoms with E-state index in [2.05, 4.69) is 25.5 Å². The maximum absolute atomic E-state index is 12.9. The van der Waals surface area contributed by atoms with Crippen LogP contribution in [0.15, 0.2) is 30.3 Å². The molecule has 1 aromatic heterocycles. The summed E-state index contributed by atoms with van der Waals surface area (Å²) in [5, 5.41) is 5.95. The van der Waals surface area contributed by atoms with E-state index in [0.29, 0.717) is 6.42 Å². The van der Waals surface area contributed by atoms with Crippen LogP contribution in [0.2, 0.25) is 0 Å². The Hall–Kier alpha value is -2.96. The summed E-state index contributed by atoms with van der Waals surface area (Å²) in [7, 11) is 0. The van der Waals surface area contributed by atoms with Crippen LogP contribution < -0.4 is 15.5 Å². The van der Waals surface area contributed by atoms with Crippen LogP contribution in [0.1, 0.15) is 42.3 Å². The standard InChI is InChI=1S/C23H31N5O2/c1-15-7-5-6-8-19(15)14-21(26-18(4)29)22(30)27-20-9-11-28(12-10-20)23-24-16(2)13-17(3)25-23/h5-8,13,20-21H,9-12,14H2,1-4H3,(H,26,29)(H,27,30). The summed E-state index contributed by atoms with van der Waals surface area (Å²) in [5.41, 5.74) is 4.10. The highest BCUT2D eigenvalue weighted by atomic mass is 16.2. The van der Waals surface area contributed by atoms with Crippen molar-refractivity contribution in [1.82, 2.24) is 20.6 Å². The van der Waals surface area contributed by atoms with Crippen LogP contribution in [0.5, 0.6) is 0 Å². The molecule has 2 heterocycles. The van der Waals surface area contributed by atoms with E-state index in [-0.39, 0.29) is 17.9 Å². The fraction of sp³-hybridized carbons (Fsp3) is 0.478. The van der Waals surface area contributed by atoms with Gasteiger partial charge in [-0.05, 0) is 50.8 Å². The first kappa shape index (κ1) is 21.7. The minimum absolute atomic E-state index is 0.0767. The van der Waals surface area contributed by atoms with Gasteiger partial charge in [0.1, 0.15) is 6.04 Å². The molecule has 1 aromatic carbocycles. The number of aryl methyl sites for hydroxylation is 3. The molecule has 7 heteroatoms. The Labute approximate surface area is 178 Å². The predicted octanol–water partition coefficient (Wildman–Crippen LogP) is 2.23. The number of carbonyl (C=O) groups is 2. The van der Waals surface area contributed by atoms with Crippen LogP contribution in [0.3, 0.4) is 0 Å². The quantitative estimate of drug-likeness (QED) is 0.764. The molecule has 1 atom stereocenters. The molecule has 1 fully saturated rings. The number of nitrogens with zero attached hydrogens (tertiary/aromatic N) is 3. The molecular formula is C23H31N5O2. The average molecular weight is 410 g/mol. The summed E-state index contributed by atoms with van der Waals surface area (Å²) in [6, 6.07) is 9.41. The average Bonchev–Trinajstić information content (AvgIpc) is 2.68. The predicted molar refractivity (Wildman–Crippen MR) is 117 cm³/mol. The van der Waals surface area contributed by atoms with Crippen molar-refractivity contribution in [2.75, 3.05) is 18.0 Å². The number of benzene rings is 1. The third-order valence-electron chi connectivity index (χ3n) is 5.47. The van der Waals surface area contributed by atoms with Gasteiger partial charge in [0, 0.05) is 43.9 Å². The summed E-state index contributed by atoms with van der Waals surface area (Å²) in [4.78, 5) is 35.9. The zero-order valence-corrected chi connectivity index (χ0v) is 18.2. The van der Waals surface area contributed by atoms with Crippen LogP contribution in [0.4, 0.5) is 5.95 Å². The number of rotatable bonds is 6. The van der Waals surface area contributed by atoms with Gasteiger partial charge in [-0.1, -0.05) is 24.3 Å². The Balaban J connectivity index is 1.59. The van der Waals surface area contributed by atoms with Gasteiger partial charge >= 0.3 is 0 Å². The number of nitrogens with one attached hydrogen (secondary N) is 2. The van der Waals surface area contributed by atoms with Gasteiger partial charge < -0.3 is 15.5 Å². The van der Waals surface area contributed by atoms with E-state index in [1.165, 1.54) is 6.92 Å². The largest absolute Gasteiger partial charge is 0.351 e. The number of amides is 2. The number of anilines is 1. The van der Waals surface area contributed by atoms with Crippen molar-refractivity contribution in [3.8, 4) is 0 Å². The fourth-order valence-corrected chi connectivity index (χ4v) is 3.89. The third-order valence-corrected chi connectivity index (χ3v) is 5.47. The molecule has 0 aliphatic carbocycles. The Morgan fingerprint density at radius 1 is 1.10 bits per heavy atom. The summed E-state index contributed by atoms with van der Waals surface area (Å²) in [6.45, 7) is 8.99. The Morgan fingerprint density at radius 3 is 2.33 bits per heavy atom. The number of hydrogen-bond acceptors (Lipinski definition) is 5. The van der Waals surface area contributed by atoms with E-state index in [1.807, 2.05) is 51.1 Å². The van der Waals surface area contributed by atoms with Gasteiger partial charge in [0.05, 0.1) is 0 Å². The van der Waals surface area contributed by atoms with Crippen molar-refractivity contribution in [3.63, 3.8) is 0 Å². The minimum Gasteiger partial charge on any atom is -0.351 e. The fourth-order valence-electron chi connectivity index (χ4n) is 3.89. The zero-order valence-electron chi connectivity index (χ0n) is 18.2. The molecule has 3 rings (SSSR count). The first-order valence-electron chi connectivity index (χ1n) is 10.5. The molecule has 7 nitrogen and oxygen atoms in total. The van der Waals surface area contributed by atoms with Gasteiger partial charge in [0.15, 0.2) is 0 Å². The van der Waals surface area contributed by atoms with Gasteiger partial charge in [-0.25, -0.2) is 9.97 Å². The number of piperidine rings is 1. The number of aromatic nitrogens is 2. The van der Waals surface area contributed by atoms with E-state index in [4.69, 9.17) is 0 Å². The highest BCUT2D eigenvalue weighted by Crippen LogP contribution is 2.18. The molecular weight excluding hydrogens is 378 g/mol. The summed E-state index contributed by atoms with van der Waals surface area (Å²) in [6.07, 6.45) is 2.12. The van der Waals surface area contributed by atoms with Crippen molar-refractivity contribution >= 4 is 17.8 Å². The molecule has 1 saturated heterocycles. The Bertz CT molecular complexity index is 886. The van der Waals surface area contributed by atoms with Gasteiger partial charge in [-0.3, -0.25) is 9.59 Å². The monoisotopic (exact) mass is 409 g/mol. The van der Waals surface area contributed by atoms with E-state index >= 15 is 0 Å². The Kier molecular flexibility index (Phi) is 7.03. The molecule has 1 unspecified atom stereocenters.